The summed E-state index contributed by atoms with van der Waals surface area (Å²) in [6, 6.07) is 10.1. The van der Waals surface area contributed by atoms with Gasteiger partial charge in [0.25, 0.3) is 11.1 Å². The molecule has 3 rings (SSSR count). The molecular formula is C18H16N2O4S. The van der Waals surface area contributed by atoms with E-state index in [-0.39, 0.29) is 16.7 Å². The van der Waals surface area contributed by atoms with E-state index in [1.54, 1.807) is 47.2 Å². The zero-order chi connectivity index (χ0) is 18.0. The summed E-state index contributed by atoms with van der Waals surface area (Å²) in [5, 5.41) is 8.88. The van der Waals surface area contributed by atoms with E-state index in [0.717, 1.165) is 11.8 Å². The molecule has 1 aliphatic heterocycles. The number of imide groups is 1. The molecule has 6 nitrogen and oxygen atoms in total. The van der Waals surface area contributed by atoms with Crippen LogP contribution in [0.15, 0.2) is 47.5 Å². The summed E-state index contributed by atoms with van der Waals surface area (Å²) in [7, 11) is 0. The monoisotopic (exact) mass is 356 g/mol. The van der Waals surface area contributed by atoms with Crippen LogP contribution < -0.4 is 0 Å². The minimum atomic E-state index is -1.00. The number of aromatic carboxylic acids is 1. The number of carbonyl (C=O) groups is 3. The molecule has 1 aromatic heterocycles. The first-order valence-corrected chi connectivity index (χ1v) is 8.59. The number of hydrogen-bond donors (Lipinski definition) is 1. The van der Waals surface area contributed by atoms with Crippen molar-refractivity contribution in [1.82, 2.24) is 9.47 Å². The van der Waals surface area contributed by atoms with Crippen molar-refractivity contribution in [2.75, 3.05) is 6.54 Å². The third-order valence-corrected chi connectivity index (χ3v) is 4.66. The van der Waals surface area contributed by atoms with Gasteiger partial charge in [-0.2, -0.15) is 0 Å². The van der Waals surface area contributed by atoms with Crippen molar-refractivity contribution in [3.8, 4) is 5.69 Å². The van der Waals surface area contributed by atoms with Gasteiger partial charge in [0.1, 0.15) is 0 Å². The molecule has 0 saturated carbocycles. The molecule has 1 saturated heterocycles. The van der Waals surface area contributed by atoms with Crippen LogP contribution in [0.1, 0.15) is 29.4 Å². The van der Waals surface area contributed by atoms with Crippen LogP contribution in [0.25, 0.3) is 11.8 Å². The van der Waals surface area contributed by atoms with E-state index in [9.17, 15) is 14.4 Å². The molecule has 0 atom stereocenters. The molecule has 0 bridgehead atoms. The summed E-state index contributed by atoms with van der Waals surface area (Å²) in [5.74, 6) is -1.29. The molecule has 2 amide bonds. The van der Waals surface area contributed by atoms with Crippen LogP contribution in [0.3, 0.4) is 0 Å². The Morgan fingerprint density at radius 3 is 2.76 bits per heavy atom. The molecule has 0 radical (unpaired) electrons. The summed E-state index contributed by atoms with van der Waals surface area (Å²) < 4.78 is 1.78. The normalized spacial score (nSPS) is 16.0. The lowest BCUT2D eigenvalue weighted by molar-refractivity contribution is -0.122. The Labute approximate surface area is 148 Å². The van der Waals surface area contributed by atoms with Crippen molar-refractivity contribution in [2.24, 2.45) is 0 Å². The van der Waals surface area contributed by atoms with Crippen molar-refractivity contribution in [2.45, 2.75) is 13.3 Å². The van der Waals surface area contributed by atoms with Gasteiger partial charge in [0.05, 0.1) is 10.5 Å². The van der Waals surface area contributed by atoms with Crippen LogP contribution in [0.5, 0.6) is 0 Å². The van der Waals surface area contributed by atoms with Crippen LogP contribution >= 0.6 is 11.8 Å². The number of thioether (sulfide) groups is 1. The Bertz CT molecular complexity index is 885. The molecule has 1 N–H and O–H groups in total. The highest BCUT2D eigenvalue weighted by Gasteiger charge is 2.34. The number of hydrogen-bond acceptors (Lipinski definition) is 4. The first-order chi connectivity index (χ1) is 12.0. The summed E-state index contributed by atoms with van der Waals surface area (Å²) in [6.45, 7) is 2.32. The molecule has 1 aromatic carbocycles. The Balaban J connectivity index is 1.95. The lowest BCUT2D eigenvalue weighted by atomic mass is 10.2. The third-order valence-electron chi connectivity index (χ3n) is 3.75. The average Bonchev–Trinajstić information content (AvgIpc) is 3.16. The zero-order valence-corrected chi connectivity index (χ0v) is 14.3. The van der Waals surface area contributed by atoms with E-state index in [4.69, 9.17) is 5.11 Å². The van der Waals surface area contributed by atoms with E-state index in [0.29, 0.717) is 29.3 Å². The smallest absolute Gasteiger partial charge is 0.335 e. The summed E-state index contributed by atoms with van der Waals surface area (Å²) in [4.78, 5) is 37.1. The van der Waals surface area contributed by atoms with Crippen LogP contribution in [-0.2, 0) is 4.79 Å². The number of rotatable bonds is 5. The maximum Gasteiger partial charge on any atom is 0.335 e. The van der Waals surface area contributed by atoms with Gasteiger partial charge in [-0.25, -0.2) is 4.79 Å². The van der Waals surface area contributed by atoms with Gasteiger partial charge >= 0.3 is 5.97 Å². The maximum absolute atomic E-state index is 12.4. The quantitative estimate of drug-likeness (QED) is 0.828. The molecule has 0 unspecified atom stereocenters. The molecule has 1 fully saturated rings. The van der Waals surface area contributed by atoms with Crippen LogP contribution in [0, 0.1) is 0 Å². The molecule has 2 aromatic rings. The highest BCUT2D eigenvalue weighted by atomic mass is 32.2. The molecule has 25 heavy (non-hydrogen) atoms. The maximum atomic E-state index is 12.4. The van der Waals surface area contributed by atoms with E-state index in [2.05, 4.69) is 0 Å². The summed E-state index contributed by atoms with van der Waals surface area (Å²) >= 11 is 0.923. The zero-order valence-electron chi connectivity index (χ0n) is 13.5. The van der Waals surface area contributed by atoms with E-state index in [1.807, 2.05) is 6.92 Å². The number of benzene rings is 1. The van der Waals surface area contributed by atoms with E-state index < -0.39 is 5.97 Å². The summed E-state index contributed by atoms with van der Waals surface area (Å²) in [5.41, 5.74) is 1.55. The number of nitrogens with zero attached hydrogens (tertiary/aromatic N) is 2. The van der Waals surface area contributed by atoms with Gasteiger partial charge in [-0.3, -0.25) is 14.5 Å². The predicted molar refractivity (Wildman–Crippen MR) is 95.7 cm³/mol. The average molecular weight is 356 g/mol. The molecule has 0 aliphatic carbocycles. The molecule has 1 aliphatic rings. The fourth-order valence-electron chi connectivity index (χ4n) is 2.59. The standard InChI is InChI=1S/C18H16N2O4S/c1-2-8-20-16(21)15(25-18(20)24)11-14-7-4-9-19(14)13-6-3-5-12(10-13)17(22)23/h3-7,9-11H,2,8H2,1H3,(H,22,23)/b15-11+. The largest absolute Gasteiger partial charge is 0.478 e. The molecule has 7 heteroatoms. The van der Waals surface area contributed by atoms with Gasteiger partial charge in [-0.1, -0.05) is 13.0 Å². The molecular weight excluding hydrogens is 340 g/mol. The SMILES string of the molecule is CCCN1C(=O)S/C(=C/c2cccn2-c2cccc(C(=O)O)c2)C1=O. The number of aromatic nitrogens is 1. The van der Waals surface area contributed by atoms with Gasteiger partial charge in [0.15, 0.2) is 0 Å². The number of carboxylic acids is 1. The minimum Gasteiger partial charge on any atom is -0.478 e. The molecule has 0 spiro atoms. The van der Waals surface area contributed by atoms with E-state index in [1.165, 1.54) is 11.0 Å². The van der Waals surface area contributed by atoms with Crippen LogP contribution in [0.4, 0.5) is 4.79 Å². The van der Waals surface area contributed by atoms with Gasteiger partial charge in [-0.15, -0.1) is 0 Å². The third kappa shape index (κ3) is 3.36. The fraction of sp³-hybridized carbons (Fsp3) is 0.167. The topological polar surface area (TPSA) is 79.6 Å². The fourth-order valence-corrected chi connectivity index (χ4v) is 3.44. The lowest BCUT2D eigenvalue weighted by Crippen LogP contribution is -2.28. The van der Waals surface area contributed by atoms with Crippen molar-refractivity contribution in [3.63, 3.8) is 0 Å². The number of carboxylic acid groups (broad SMARTS) is 1. The minimum absolute atomic E-state index is 0.181. The second kappa shape index (κ2) is 6.98. The second-order valence-electron chi connectivity index (χ2n) is 5.49. The predicted octanol–water partition coefficient (Wildman–Crippen LogP) is 3.62. The van der Waals surface area contributed by atoms with Gasteiger partial charge in [-0.05, 0) is 54.6 Å². The summed E-state index contributed by atoms with van der Waals surface area (Å²) in [6.07, 6.45) is 4.15. The Hall–Kier alpha value is -2.80. The van der Waals surface area contributed by atoms with Gasteiger partial charge < -0.3 is 9.67 Å². The Morgan fingerprint density at radius 1 is 1.24 bits per heavy atom. The van der Waals surface area contributed by atoms with Crippen molar-refractivity contribution in [3.05, 3.63) is 58.8 Å². The second-order valence-corrected chi connectivity index (χ2v) is 6.49. The highest BCUT2D eigenvalue weighted by Crippen LogP contribution is 2.32. The van der Waals surface area contributed by atoms with Gasteiger partial charge in [0, 0.05) is 24.1 Å². The molecule has 2 heterocycles. The first-order valence-electron chi connectivity index (χ1n) is 7.77. The van der Waals surface area contributed by atoms with E-state index >= 15 is 0 Å². The van der Waals surface area contributed by atoms with Crippen molar-refractivity contribution >= 4 is 35.0 Å². The number of carbonyl (C=O) groups excluding carboxylic acids is 2. The van der Waals surface area contributed by atoms with Crippen LogP contribution in [-0.4, -0.2) is 38.2 Å². The highest BCUT2D eigenvalue weighted by molar-refractivity contribution is 8.18. The van der Waals surface area contributed by atoms with Gasteiger partial charge in [0.2, 0.25) is 0 Å². The van der Waals surface area contributed by atoms with Crippen molar-refractivity contribution in [1.29, 1.82) is 0 Å². The van der Waals surface area contributed by atoms with Crippen LogP contribution in [0.2, 0.25) is 0 Å². The Kier molecular flexibility index (Phi) is 4.76. The number of amides is 2. The Morgan fingerprint density at radius 2 is 2.04 bits per heavy atom. The first kappa shape index (κ1) is 17.0. The lowest BCUT2D eigenvalue weighted by Gasteiger charge is -2.10. The molecule has 128 valence electrons. The van der Waals surface area contributed by atoms with Crippen molar-refractivity contribution < 1.29 is 19.5 Å².